The Labute approximate surface area is 169 Å². The van der Waals surface area contributed by atoms with Gasteiger partial charge in [-0.05, 0) is 38.3 Å². The van der Waals surface area contributed by atoms with E-state index in [0.29, 0.717) is 18.5 Å². The summed E-state index contributed by atoms with van der Waals surface area (Å²) in [7, 11) is 0. The van der Waals surface area contributed by atoms with Gasteiger partial charge >= 0.3 is 0 Å². The van der Waals surface area contributed by atoms with Crippen molar-refractivity contribution in [2.75, 3.05) is 57.3 Å². The highest BCUT2D eigenvalue weighted by Gasteiger charge is 2.30. The van der Waals surface area contributed by atoms with Gasteiger partial charge in [-0.2, -0.15) is 0 Å². The number of pyridine rings is 1. The van der Waals surface area contributed by atoms with Gasteiger partial charge in [0.15, 0.2) is 0 Å². The van der Waals surface area contributed by atoms with Gasteiger partial charge in [0.2, 0.25) is 5.91 Å². The van der Waals surface area contributed by atoms with E-state index in [1.54, 1.807) is 0 Å². The molecule has 2 saturated heterocycles. The summed E-state index contributed by atoms with van der Waals surface area (Å²) in [5.41, 5.74) is 1.19. The van der Waals surface area contributed by atoms with Crippen LogP contribution in [0.1, 0.15) is 38.2 Å². The topological polar surface area (TPSA) is 42.9 Å². The molecule has 1 aromatic heterocycles. The molecular formula is C22H35N5O. The molecule has 1 aliphatic carbocycles. The average molecular weight is 386 g/mol. The van der Waals surface area contributed by atoms with E-state index in [-0.39, 0.29) is 0 Å². The van der Waals surface area contributed by atoms with E-state index in [1.807, 2.05) is 6.20 Å². The summed E-state index contributed by atoms with van der Waals surface area (Å²) in [6, 6.07) is 5.36. The molecule has 0 radical (unpaired) electrons. The second-order valence-electron chi connectivity index (χ2n) is 8.81. The molecule has 1 amide bonds. The van der Waals surface area contributed by atoms with Crippen molar-refractivity contribution in [3.63, 3.8) is 0 Å². The van der Waals surface area contributed by atoms with Crippen LogP contribution in [0.25, 0.3) is 0 Å². The molecule has 6 nitrogen and oxygen atoms in total. The monoisotopic (exact) mass is 385 g/mol. The maximum Gasteiger partial charge on any atom is 0.236 e. The summed E-state index contributed by atoms with van der Waals surface area (Å²) in [5, 5.41) is 0. The van der Waals surface area contributed by atoms with Gasteiger partial charge in [0.25, 0.3) is 0 Å². The van der Waals surface area contributed by atoms with Crippen LogP contribution < -0.4 is 4.90 Å². The van der Waals surface area contributed by atoms with Crippen molar-refractivity contribution in [2.45, 2.75) is 51.6 Å². The van der Waals surface area contributed by atoms with Gasteiger partial charge in [-0.25, -0.2) is 4.98 Å². The van der Waals surface area contributed by atoms with E-state index >= 15 is 0 Å². The lowest BCUT2D eigenvalue weighted by Gasteiger charge is -2.42. The van der Waals surface area contributed by atoms with Gasteiger partial charge in [0.05, 0.1) is 6.54 Å². The fourth-order valence-corrected chi connectivity index (χ4v) is 4.96. The Hall–Kier alpha value is -1.66. The van der Waals surface area contributed by atoms with E-state index in [0.717, 1.165) is 57.7 Å². The molecule has 1 atom stereocenters. The van der Waals surface area contributed by atoms with Crippen molar-refractivity contribution < 1.29 is 4.79 Å². The zero-order valence-corrected chi connectivity index (χ0v) is 17.5. The molecule has 0 aromatic carbocycles. The van der Waals surface area contributed by atoms with Crippen LogP contribution in [0.15, 0.2) is 18.3 Å². The maximum atomic E-state index is 12.9. The van der Waals surface area contributed by atoms with Gasteiger partial charge in [0.1, 0.15) is 5.82 Å². The van der Waals surface area contributed by atoms with Crippen molar-refractivity contribution in [2.24, 2.45) is 0 Å². The van der Waals surface area contributed by atoms with E-state index < -0.39 is 0 Å². The van der Waals surface area contributed by atoms with Gasteiger partial charge in [-0.3, -0.25) is 14.6 Å². The Morgan fingerprint density at radius 2 is 1.82 bits per heavy atom. The SMILES string of the molecule is Cc1ccc(N2CCN(CC(=O)N3CCN(C4CCCC4)CC3)C(C)C2)nc1. The van der Waals surface area contributed by atoms with Gasteiger partial charge in [-0.15, -0.1) is 0 Å². The summed E-state index contributed by atoms with van der Waals surface area (Å²) in [5.74, 6) is 1.35. The van der Waals surface area contributed by atoms with Crippen LogP contribution in [-0.4, -0.2) is 90.0 Å². The molecule has 3 heterocycles. The molecule has 3 aliphatic rings. The highest BCUT2D eigenvalue weighted by atomic mass is 16.2. The Kier molecular flexibility index (Phi) is 6.16. The number of anilines is 1. The van der Waals surface area contributed by atoms with Crippen LogP contribution >= 0.6 is 0 Å². The van der Waals surface area contributed by atoms with E-state index in [2.05, 4.69) is 50.6 Å². The summed E-state index contributed by atoms with van der Waals surface area (Å²) < 4.78 is 0. The quantitative estimate of drug-likeness (QED) is 0.793. The first-order chi connectivity index (χ1) is 13.6. The zero-order valence-electron chi connectivity index (χ0n) is 17.5. The number of rotatable bonds is 4. The summed E-state index contributed by atoms with van der Waals surface area (Å²) in [6.45, 7) is 11.5. The van der Waals surface area contributed by atoms with Crippen molar-refractivity contribution in [1.29, 1.82) is 0 Å². The molecule has 0 N–H and O–H groups in total. The third kappa shape index (κ3) is 4.49. The van der Waals surface area contributed by atoms with E-state index in [4.69, 9.17) is 0 Å². The number of aryl methyl sites for hydroxylation is 1. The number of carbonyl (C=O) groups excluding carboxylic acids is 1. The van der Waals surface area contributed by atoms with Crippen molar-refractivity contribution in [1.82, 2.24) is 19.7 Å². The number of nitrogens with zero attached hydrogens (tertiary/aromatic N) is 5. The van der Waals surface area contributed by atoms with Crippen molar-refractivity contribution in [3.05, 3.63) is 23.9 Å². The van der Waals surface area contributed by atoms with Crippen LogP contribution in [0.4, 0.5) is 5.82 Å². The van der Waals surface area contributed by atoms with E-state index in [9.17, 15) is 4.79 Å². The molecule has 3 fully saturated rings. The first-order valence-electron chi connectivity index (χ1n) is 11.0. The van der Waals surface area contributed by atoms with Crippen molar-refractivity contribution in [3.8, 4) is 0 Å². The molecule has 1 saturated carbocycles. The van der Waals surface area contributed by atoms with Crippen LogP contribution in [0, 0.1) is 6.92 Å². The largest absolute Gasteiger partial charge is 0.354 e. The number of piperazine rings is 2. The van der Waals surface area contributed by atoms with Crippen LogP contribution in [0.3, 0.4) is 0 Å². The molecule has 6 heteroatoms. The first-order valence-corrected chi connectivity index (χ1v) is 11.0. The standard InChI is InChI=1S/C22H35N5O/c1-18-7-8-21(23-15-18)27-14-13-26(19(2)16-27)17-22(28)25-11-9-24(10-12-25)20-5-3-4-6-20/h7-8,15,19-20H,3-6,9-14,16-17H2,1-2H3. The molecule has 1 aromatic rings. The molecule has 0 bridgehead atoms. The molecular weight excluding hydrogens is 350 g/mol. The van der Waals surface area contributed by atoms with Gasteiger partial charge < -0.3 is 9.80 Å². The predicted octanol–water partition coefficient (Wildman–Crippen LogP) is 1.99. The minimum Gasteiger partial charge on any atom is -0.354 e. The molecule has 28 heavy (non-hydrogen) atoms. The second-order valence-corrected chi connectivity index (χ2v) is 8.81. The van der Waals surface area contributed by atoms with Crippen LogP contribution in [0.5, 0.6) is 0 Å². The summed E-state index contributed by atoms with van der Waals surface area (Å²) in [4.78, 5) is 26.8. The Bertz CT molecular complexity index is 649. The van der Waals surface area contributed by atoms with Crippen LogP contribution in [-0.2, 0) is 4.79 Å². The van der Waals surface area contributed by atoms with Crippen molar-refractivity contribution >= 4 is 11.7 Å². The average Bonchev–Trinajstić information content (AvgIpc) is 3.25. The highest BCUT2D eigenvalue weighted by Crippen LogP contribution is 2.24. The summed E-state index contributed by atoms with van der Waals surface area (Å²) >= 11 is 0. The molecule has 0 spiro atoms. The third-order valence-corrected chi connectivity index (χ3v) is 6.83. The number of amides is 1. The minimum atomic E-state index is 0.305. The fourth-order valence-electron chi connectivity index (χ4n) is 4.96. The lowest BCUT2D eigenvalue weighted by atomic mass is 10.1. The number of hydrogen-bond acceptors (Lipinski definition) is 5. The lowest BCUT2D eigenvalue weighted by molar-refractivity contribution is -0.135. The Morgan fingerprint density at radius 1 is 1.07 bits per heavy atom. The summed E-state index contributed by atoms with van der Waals surface area (Å²) in [6.07, 6.45) is 7.40. The lowest BCUT2D eigenvalue weighted by Crippen LogP contribution is -2.57. The van der Waals surface area contributed by atoms with Gasteiger partial charge in [-0.1, -0.05) is 18.9 Å². The van der Waals surface area contributed by atoms with Gasteiger partial charge in [0, 0.05) is 64.1 Å². The normalized spacial score (nSPS) is 25.4. The maximum absolute atomic E-state index is 12.9. The smallest absolute Gasteiger partial charge is 0.236 e. The van der Waals surface area contributed by atoms with E-state index in [1.165, 1.54) is 31.2 Å². The Morgan fingerprint density at radius 3 is 2.46 bits per heavy atom. The van der Waals surface area contributed by atoms with Crippen LogP contribution in [0.2, 0.25) is 0 Å². The first kappa shape index (κ1) is 19.6. The third-order valence-electron chi connectivity index (χ3n) is 6.83. The highest BCUT2D eigenvalue weighted by molar-refractivity contribution is 5.78. The number of aromatic nitrogens is 1. The second kappa shape index (κ2) is 8.78. The fraction of sp³-hybridized carbons (Fsp3) is 0.727. The minimum absolute atomic E-state index is 0.305. The molecule has 154 valence electrons. The zero-order chi connectivity index (χ0) is 19.5. The predicted molar refractivity (Wildman–Crippen MR) is 113 cm³/mol. The molecule has 1 unspecified atom stereocenters. The Balaban J connectivity index is 1.24. The number of hydrogen-bond donors (Lipinski definition) is 0. The molecule has 2 aliphatic heterocycles. The number of carbonyl (C=O) groups is 1. The molecule has 4 rings (SSSR count).